The summed E-state index contributed by atoms with van der Waals surface area (Å²) in [6.07, 6.45) is 5.04. The fourth-order valence-electron chi connectivity index (χ4n) is 2.10. The summed E-state index contributed by atoms with van der Waals surface area (Å²) in [5.41, 5.74) is 0. The van der Waals surface area contributed by atoms with Crippen molar-refractivity contribution in [2.24, 2.45) is 5.92 Å². The van der Waals surface area contributed by atoms with Gasteiger partial charge in [-0.15, -0.1) is 0 Å². The van der Waals surface area contributed by atoms with Gasteiger partial charge in [-0.25, -0.2) is 9.97 Å². The average molecular weight is 314 g/mol. The van der Waals surface area contributed by atoms with Gasteiger partial charge < -0.3 is 9.64 Å². The van der Waals surface area contributed by atoms with Gasteiger partial charge in [0.2, 0.25) is 5.88 Å². The lowest BCUT2D eigenvalue weighted by atomic mass is 9.99. The maximum Gasteiger partial charge on any atom is 0.218 e. The van der Waals surface area contributed by atoms with E-state index >= 15 is 0 Å². The zero-order valence-corrected chi connectivity index (χ0v) is 12.4. The van der Waals surface area contributed by atoms with Crippen molar-refractivity contribution in [2.75, 3.05) is 29.9 Å². The van der Waals surface area contributed by atoms with E-state index in [0.29, 0.717) is 12.5 Å². The summed E-state index contributed by atoms with van der Waals surface area (Å²) in [5.74, 6) is 2.48. The largest absolute Gasteiger partial charge is 0.478 e. The standard InChI is InChI=1S/C13H20BrN3O/c1-2-7-18-13-8-12(15-10-16-13)17-5-3-11(9-14)4-6-17/h8,10-11H,2-7,9H2,1H3. The SMILES string of the molecule is CCCOc1cc(N2CCC(CBr)CC2)ncn1. The number of rotatable bonds is 5. The number of piperidine rings is 1. The smallest absolute Gasteiger partial charge is 0.218 e. The molecule has 0 atom stereocenters. The zero-order valence-electron chi connectivity index (χ0n) is 10.8. The number of nitrogens with zero attached hydrogens (tertiary/aromatic N) is 3. The monoisotopic (exact) mass is 313 g/mol. The molecule has 1 aliphatic rings. The Balaban J connectivity index is 1.96. The summed E-state index contributed by atoms with van der Waals surface area (Å²) in [4.78, 5) is 10.8. The lowest BCUT2D eigenvalue weighted by molar-refractivity contribution is 0.304. The molecular formula is C13H20BrN3O. The molecule has 100 valence electrons. The third kappa shape index (κ3) is 3.57. The first kappa shape index (κ1) is 13.6. The molecule has 0 radical (unpaired) electrons. The van der Waals surface area contributed by atoms with E-state index in [0.717, 1.165) is 36.6 Å². The Hall–Kier alpha value is -0.840. The number of anilines is 1. The minimum Gasteiger partial charge on any atom is -0.478 e. The van der Waals surface area contributed by atoms with Crippen molar-refractivity contribution in [1.82, 2.24) is 9.97 Å². The first-order valence-corrected chi connectivity index (χ1v) is 7.71. The van der Waals surface area contributed by atoms with E-state index in [1.807, 2.05) is 6.07 Å². The highest BCUT2D eigenvalue weighted by atomic mass is 79.9. The molecule has 0 N–H and O–H groups in total. The number of ether oxygens (including phenoxy) is 1. The summed E-state index contributed by atoms with van der Waals surface area (Å²) in [6.45, 7) is 4.94. The van der Waals surface area contributed by atoms with Crippen molar-refractivity contribution >= 4 is 21.7 Å². The van der Waals surface area contributed by atoms with Gasteiger partial charge in [-0.2, -0.15) is 0 Å². The van der Waals surface area contributed by atoms with E-state index in [2.05, 4.69) is 37.7 Å². The van der Waals surface area contributed by atoms with Crippen LogP contribution in [0.3, 0.4) is 0 Å². The van der Waals surface area contributed by atoms with Crippen molar-refractivity contribution in [2.45, 2.75) is 26.2 Å². The second kappa shape index (κ2) is 6.92. The summed E-state index contributed by atoms with van der Waals surface area (Å²) in [5, 5.41) is 1.11. The van der Waals surface area contributed by atoms with Crippen LogP contribution in [0.5, 0.6) is 5.88 Å². The first-order valence-electron chi connectivity index (χ1n) is 6.59. The molecule has 5 heteroatoms. The van der Waals surface area contributed by atoms with Gasteiger partial charge in [-0.3, -0.25) is 0 Å². The maximum absolute atomic E-state index is 5.54. The molecule has 1 saturated heterocycles. The normalized spacial score (nSPS) is 16.9. The highest BCUT2D eigenvalue weighted by Gasteiger charge is 2.19. The minimum absolute atomic E-state index is 0.685. The number of hydrogen-bond acceptors (Lipinski definition) is 4. The number of halogens is 1. The van der Waals surface area contributed by atoms with Crippen LogP contribution in [0.2, 0.25) is 0 Å². The molecule has 0 bridgehead atoms. The molecule has 0 amide bonds. The Labute approximate surface area is 117 Å². The van der Waals surface area contributed by atoms with Crippen LogP contribution >= 0.6 is 15.9 Å². The molecule has 2 heterocycles. The molecule has 0 aliphatic carbocycles. The average Bonchev–Trinajstić information content (AvgIpc) is 2.45. The third-order valence-corrected chi connectivity index (χ3v) is 4.15. The van der Waals surface area contributed by atoms with Gasteiger partial charge in [0.15, 0.2) is 0 Å². The first-order chi connectivity index (χ1) is 8.83. The van der Waals surface area contributed by atoms with Crippen molar-refractivity contribution in [1.29, 1.82) is 0 Å². The summed E-state index contributed by atoms with van der Waals surface area (Å²) in [7, 11) is 0. The van der Waals surface area contributed by atoms with Crippen LogP contribution in [-0.4, -0.2) is 35.0 Å². The summed E-state index contributed by atoms with van der Waals surface area (Å²) in [6, 6.07) is 1.95. The molecule has 0 aromatic carbocycles. The molecule has 0 unspecified atom stereocenters. The Morgan fingerprint density at radius 2 is 2.17 bits per heavy atom. The topological polar surface area (TPSA) is 38.2 Å². The molecule has 0 saturated carbocycles. The lowest BCUT2D eigenvalue weighted by Crippen LogP contribution is -2.34. The number of aromatic nitrogens is 2. The van der Waals surface area contributed by atoms with Crippen molar-refractivity contribution in [3.63, 3.8) is 0 Å². The van der Waals surface area contributed by atoms with E-state index < -0.39 is 0 Å². The van der Waals surface area contributed by atoms with Crippen LogP contribution in [0.25, 0.3) is 0 Å². The Kier molecular flexibility index (Phi) is 5.23. The second-order valence-electron chi connectivity index (χ2n) is 4.65. The highest BCUT2D eigenvalue weighted by molar-refractivity contribution is 9.09. The third-order valence-electron chi connectivity index (χ3n) is 3.24. The molecule has 2 rings (SSSR count). The molecule has 18 heavy (non-hydrogen) atoms. The van der Waals surface area contributed by atoms with Gasteiger partial charge in [0.05, 0.1) is 6.61 Å². The van der Waals surface area contributed by atoms with Gasteiger partial charge in [0.25, 0.3) is 0 Å². The molecule has 4 nitrogen and oxygen atoms in total. The van der Waals surface area contributed by atoms with E-state index in [-0.39, 0.29) is 0 Å². The van der Waals surface area contributed by atoms with Gasteiger partial charge in [-0.05, 0) is 25.2 Å². The Bertz CT molecular complexity index is 367. The van der Waals surface area contributed by atoms with Crippen molar-refractivity contribution in [3.8, 4) is 5.88 Å². The van der Waals surface area contributed by atoms with Crippen molar-refractivity contribution in [3.05, 3.63) is 12.4 Å². The Morgan fingerprint density at radius 1 is 1.39 bits per heavy atom. The highest BCUT2D eigenvalue weighted by Crippen LogP contribution is 2.24. The molecule has 1 aliphatic heterocycles. The molecular weight excluding hydrogens is 294 g/mol. The molecule has 0 spiro atoms. The quantitative estimate of drug-likeness (QED) is 0.783. The van der Waals surface area contributed by atoms with E-state index in [9.17, 15) is 0 Å². The molecule has 1 aromatic rings. The van der Waals surface area contributed by atoms with Crippen LogP contribution in [0.1, 0.15) is 26.2 Å². The number of hydrogen-bond donors (Lipinski definition) is 0. The fraction of sp³-hybridized carbons (Fsp3) is 0.692. The zero-order chi connectivity index (χ0) is 12.8. The van der Waals surface area contributed by atoms with Crippen LogP contribution in [-0.2, 0) is 0 Å². The van der Waals surface area contributed by atoms with Gasteiger partial charge in [0, 0.05) is 24.5 Å². The predicted molar refractivity (Wildman–Crippen MR) is 76.5 cm³/mol. The molecule has 1 aromatic heterocycles. The molecule has 1 fully saturated rings. The van der Waals surface area contributed by atoms with Crippen LogP contribution in [0, 0.1) is 5.92 Å². The van der Waals surface area contributed by atoms with E-state index in [1.54, 1.807) is 6.33 Å². The Morgan fingerprint density at radius 3 is 2.83 bits per heavy atom. The van der Waals surface area contributed by atoms with Gasteiger partial charge >= 0.3 is 0 Å². The lowest BCUT2D eigenvalue weighted by Gasteiger charge is -2.31. The van der Waals surface area contributed by atoms with E-state index in [4.69, 9.17) is 4.74 Å². The van der Waals surface area contributed by atoms with E-state index in [1.165, 1.54) is 12.8 Å². The maximum atomic E-state index is 5.54. The number of alkyl halides is 1. The van der Waals surface area contributed by atoms with Gasteiger partial charge in [-0.1, -0.05) is 22.9 Å². The summed E-state index contributed by atoms with van der Waals surface area (Å²) < 4.78 is 5.54. The van der Waals surface area contributed by atoms with Crippen LogP contribution in [0.4, 0.5) is 5.82 Å². The van der Waals surface area contributed by atoms with Crippen LogP contribution in [0.15, 0.2) is 12.4 Å². The fourth-order valence-corrected chi connectivity index (χ4v) is 2.75. The predicted octanol–water partition coefficient (Wildman–Crippen LogP) is 2.88. The second-order valence-corrected chi connectivity index (χ2v) is 5.30. The van der Waals surface area contributed by atoms with Gasteiger partial charge in [0.1, 0.15) is 12.1 Å². The van der Waals surface area contributed by atoms with Crippen molar-refractivity contribution < 1.29 is 4.74 Å². The summed E-state index contributed by atoms with van der Waals surface area (Å²) >= 11 is 3.56. The van der Waals surface area contributed by atoms with Crippen LogP contribution < -0.4 is 9.64 Å². The minimum atomic E-state index is 0.685.